The van der Waals surface area contributed by atoms with Crippen LogP contribution in [0, 0.1) is 0 Å². The molecular weight excluding hydrogens is 296 g/mol. The maximum atomic E-state index is 9.77. The van der Waals surface area contributed by atoms with Gasteiger partial charge in [0.15, 0.2) is 0 Å². The standard InChI is InChI=1S/C13H15BrN2O2/c14-11-4-3-5-13(8-11)18-10-12(17)9-15-16-6-1-2-7-16/h1-8,12,15,17H,9-10H2. The summed E-state index contributed by atoms with van der Waals surface area (Å²) < 4.78 is 8.24. The number of halogens is 1. The molecule has 0 saturated heterocycles. The van der Waals surface area contributed by atoms with E-state index in [1.807, 2.05) is 48.8 Å². The van der Waals surface area contributed by atoms with Gasteiger partial charge in [-0.05, 0) is 30.3 Å². The summed E-state index contributed by atoms with van der Waals surface area (Å²) in [5.41, 5.74) is 3.05. The minimum atomic E-state index is -0.564. The highest BCUT2D eigenvalue weighted by Crippen LogP contribution is 2.17. The zero-order valence-electron chi connectivity index (χ0n) is 9.79. The number of benzene rings is 1. The van der Waals surface area contributed by atoms with E-state index in [9.17, 15) is 5.11 Å². The van der Waals surface area contributed by atoms with Gasteiger partial charge in [0.2, 0.25) is 0 Å². The first-order chi connectivity index (χ1) is 8.74. The lowest BCUT2D eigenvalue weighted by atomic mass is 10.3. The second-order valence-electron chi connectivity index (χ2n) is 3.87. The number of hydrogen-bond acceptors (Lipinski definition) is 3. The Labute approximate surface area is 114 Å². The number of hydrogen-bond donors (Lipinski definition) is 2. The fraction of sp³-hybridized carbons (Fsp3) is 0.231. The molecule has 5 heteroatoms. The molecule has 4 nitrogen and oxygen atoms in total. The van der Waals surface area contributed by atoms with Gasteiger partial charge in [-0.3, -0.25) is 4.68 Å². The van der Waals surface area contributed by atoms with Crippen molar-refractivity contribution < 1.29 is 9.84 Å². The fourth-order valence-electron chi connectivity index (χ4n) is 1.46. The summed E-state index contributed by atoms with van der Waals surface area (Å²) in [6.07, 6.45) is 3.19. The van der Waals surface area contributed by atoms with E-state index in [0.29, 0.717) is 6.54 Å². The molecule has 0 aliphatic heterocycles. The summed E-state index contributed by atoms with van der Waals surface area (Å²) in [6.45, 7) is 0.688. The first-order valence-electron chi connectivity index (χ1n) is 5.67. The Morgan fingerprint density at radius 2 is 2.06 bits per heavy atom. The number of nitrogens with one attached hydrogen (secondary N) is 1. The molecular formula is C13H15BrN2O2. The summed E-state index contributed by atoms with van der Waals surface area (Å²) in [4.78, 5) is 0. The molecule has 1 atom stereocenters. The van der Waals surface area contributed by atoms with Gasteiger partial charge in [-0.1, -0.05) is 22.0 Å². The van der Waals surface area contributed by atoms with Gasteiger partial charge in [0.05, 0.1) is 6.54 Å². The van der Waals surface area contributed by atoms with E-state index < -0.39 is 6.10 Å². The first-order valence-corrected chi connectivity index (χ1v) is 6.46. The van der Waals surface area contributed by atoms with Crippen molar-refractivity contribution in [1.29, 1.82) is 0 Å². The third kappa shape index (κ3) is 4.09. The smallest absolute Gasteiger partial charge is 0.120 e. The molecule has 0 fully saturated rings. The molecule has 18 heavy (non-hydrogen) atoms. The largest absolute Gasteiger partial charge is 0.491 e. The van der Waals surface area contributed by atoms with E-state index in [1.165, 1.54) is 0 Å². The number of rotatable bonds is 6. The SMILES string of the molecule is OC(CNn1cccc1)COc1cccc(Br)c1. The van der Waals surface area contributed by atoms with Crippen molar-refractivity contribution in [2.24, 2.45) is 0 Å². The minimum Gasteiger partial charge on any atom is -0.491 e. The summed E-state index contributed by atoms with van der Waals surface area (Å²) in [5, 5.41) is 9.77. The van der Waals surface area contributed by atoms with Crippen LogP contribution in [-0.4, -0.2) is 29.0 Å². The zero-order valence-corrected chi connectivity index (χ0v) is 11.4. The predicted octanol–water partition coefficient (Wildman–Crippen LogP) is 2.23. The molecule has 1 aromatic heterocycles. The van der Waals surface area contributed by atoms with E-state index in [-0.39, 0.29) is 6.61 Å². The number of aliphatic hydroxyl groups is 1. The average Bonchev–Trinajstić information content (AvgIpc) is 2.87. The maximum Gasteiger partial charge on any atom is 0.120 e. The van der Waals surface area contributed by atoms with Crippen LogP contribution in [0.3, 0.4) is 0 Å². The zero-order chi connectivity index (χ0) is 12.8. The van der Waals surface area contributed by atoms with Crippen LogP contribution in [0.1, 0.15) is 0 Å². The molecule has 2 N–H and O–H groups in total. The lowest BCUT2D eigenvalue weighted by Gasteiger charge is -2.14. The van der Waals surface area contributed by atoms with E-state index in [4.69, 9.17) is 4.74 Å². The van der Waals surface area contributed by atoms with Crippen molar-refractivity contribution in [2.45, 2.75) is 6.10 Å². The molecule has 2 rings (SSSR count). The van der Waals surface area contributed by atoms with Gasteiger partial charge in [-0.2, -0.15) is 0 Å². The molecule has 0 radical (unpaired) electrons. The Morgan fingerprint density at radius 1 is 1.28 bits per heavy atom. The Bertz CT molecular complexity index is 474. The van der Waals surface area contributed by atoms with Crippen LogP contribution in [0.25, 0.3) is 0 Å². The summed E-state index contributed by atoms with van der Waals surface area (Å²) in [7, 11) is 0. The molecule has 0 aliphatic rings. The highest BCUT2D eigenvalue weighted by Gasteiger charge is 2.05. The molecule has 0 saturated carbocycles. The van der Waals surface area contributed by atoms with Gasteiger partial charge < -0.3 is 15.3 Å². The van der Waals surface area contributed by atoms with Crippen LogP contribution in [0.2, 0.25) is 0 Å². The molecule has 0 aliphatic carbocycles. The van der Waals surface area contributed by atoms with Crippen molar-refractivity contribution in [3.63, 3.8) is 0 Å². The Kier molecular flexibility index (Phi) is 4.66. The third-order valence-electron chi connectivity index (χ3n) is 2.35. The molecule has 0 amide bonds. The van der Waals surface area contributed by atoms with E-state index in [0.717, 1.165) is 10.2 Å². The topological polar surface area (TPSA) is 46.4 Å². The van der Waals surface area contributed by atoms with Gasteiger partial charge in [0, 0.05) is 16.9 Å². The number of aromatic nitrogens is 1. The molecule has 96 valence electrons. The Morgan fingerprint density at radius 3 is 2.78 bits per heavy atom. The van der Waals surface area contributed by atoms with Crippen molar-refractivity contribution in [1.82, 2.24) is 4.68 Å². The summed E-state index contributed by atoms with van der Waals surface area (Å²) >= 11 is 3.37. The Balaban J connectivity index is 1.73. The normalized spacial score (nSPS) is 12.1. The summed E-state index contributed by atoms with van der Waals surface area (Å²) in [6, 6.07) is 11.4. The highest BCUT2D eigenvalue weighted by molar-refractivity contribution is 9.10. The van der Waals surface area contributed by atoms with Gasteiger partial charge >= 0.3 is 0 Å². The number of aliphatic hydroxyl groups excluding tert-OH is 1. The van der Waals surface area contributed by atoms with Crippen LogP contribution < -0.4 is 10.2 Å². The fourth-order valence-corrected chi connectivity index (χ4v) is 1.84. The maximum absolute atomic E-state index is 9.77. The Hall–Kier alpha value is -1.46. The average molecular weight is 311 g/mol. The van der Waals surface area contributed by atoms with Gasteiger partial charge in [0.1, 0.15) is 18.5 Å². The van der Waals surface area contributed by atoms with Crippen LogP contribution in [-0.2, 0) is 0 Å². The second-order valence-corrected chi connectivity index (χ2v) is 4.79. The third-order valence-corrected chi connectivity index (χ3v) is 2.85. The van der Waals surface area contributed by atoms with E-state index >= 15 is 0 Å². The summed E-state index contributed by atoms with van der Waals surface area (Å²) in [5.74, 6) is 0.740. The van der Waals surface area contributed by atoms with E-state index in [2.05, 4.69) is 21.4 Å². The first kappa shape index (κ1) is 13.0. The predicted molar refractivity (Wildman–Crippen MR) is 74.3 cm³/mol. The van der Waals surface area contributed by atoms with Crippen LogP contribution >= 0.6 is 15.9 Å². The molecule has 1 aromatic carbocycles. The molecule has 0 spiro atoms. The molecule has 2 aromatic rings. The van der Waals surface area contributed by atoms with Crippen LogP contribution in [0.5, 0.6) is 5.75 Å². The van der Waals surface area contributed by atoms with Crippen molar-refractivity contribution in [3.05, 3.63) is 53.3 Å². The lowest BCUT2D eigenvalue weighted by molar-refractivity contribution is 0.115. The minimum absolute atomic E-state index is 0.255. The van der Waals surface area contributed by atoms with Gasteiger partial charge in [0.25, 0.3) is 0 Å². The number of nitrogens with zero attached hydrogens (tertiary/aromatic N) is 1. The monoisotopic (exact) mass is 310 g/mol. The molecule has 0 bridgehead atoms. The van der Waals surface area contributed by atoms with Gasteiger partial charge in [-0.25, -0.2) is 0 Å². The van der Waals surface area contributed by atoms with Crippen molar-refractivity contribution in [3.8, 4) is 5.75 Å². The number of ether oxygens (including phenoxy) is 1. The lowest BCUT2D eigenvalue weighted by Crippen LogP contribution is -2.30. The quantitative estimate of drug-likeness (QED) is 0.860. The van der Waals surface area contributed by atoms with Crippen LogP contribution in [0.15, 0.2) is 53.3 Å². The van der Waals surface area contributed by atoms with Crippen molar-refractivity contribution >= 4 is 15.9 Å². The van der Waals surface area contributed by atoms with Crippen molar-refractivity contribution in [2.75, 3.05) is 18.6 Å². The second kappa shape index (κ2) is 6.47. The molecule has 1 unspecified atom stereocenters. The molecule has 1 heterocycles. The van der Waals surface area contributed by atoms with Gasteiger partial charge in [-0.15, -0.1) is 0 Å². The van der Waals surface area contributed by atoms with E-state index in [1.54, 1.807) is 4.68 Å². The van der Waals surface area contributed by atoms with Crippen LogP contribution in [0.4, 0.5) is 0 Å². The highest BCUT2D eigenvalue weighted by atomic mass is 79.9.